The topological polar surface area (TPSA) is 52.6 Å². The number of rotatable bonds is 2. The number of carbonyl (C=O) groups is 2. The molecule has 0 aliphatic carbocycles. The van der Waals surface area contributed by atoms with Crippen molar-refractivity contribution < 1.29 is 19.1 Å². The molecule has 1 rings (SSSR count). The lowest BCUT2D eigenvalue weighted by Gasteiger charge is -2.30. The molecule has 0 atom stereocenters. The average molecular weight is 250 g/mol. The number of ether oxygens (including phenoxy) is 2. The lowest BCUT2D eigenvalue weighted by atomic mass is 9.90. The summed E-state index contributed by atoms with van der Waals surface area (Å²) in [7, 11) is 0. The minimum absolute atomic E-state index is 0.0755. The van der Waals surface area contributed by atoms with Gasteiger partial charge in [-0.25, -0.2) is 9.59 Å². The first-order valence-corrected chi connectivity index (χ1v) is 5.75. The summed E-state index contributed by atoms with van der Waals surface area (Å²) in [6.07, 6.45) is 5.05. The van der Waals surface area contributed by atoms with E-state index in [1.807, 2.05) is 20.8 Å². The maximum absolute atomic E-state index is 11.7. The van der Waals surface area contributed by atoms with Crippen LogP contribution in [0.3, 0.4) is 0 Å². The van der Waals surface area contributed by atoms with Gasteiger partial charge < -0.3 is 9.47 Å². The maximum Gasteiger partial charge on any atom is 0.348 e. The molecule has 1 saturated heterocycles. The summed E-state index contributed by atoms with van der Waals surface area (Å²) in [5.41, 5.74) is 2.36. The third kappa shape index (κ3) is 3.60. The van der Waals surface area contributed by atoms with Gasteiger partial charge in [-0.1, -0.05) is 19.9 Å². The zero-order valence-electron chi connectivity index (χ0n) is 11.4. The maximum atomic E-state index is 11.7. The highest BCUT2D eigenvalue weighted by atomic mass is 16.7. The quantitative estimate of drug-likeness (QED) is 0.327. The van der Waals surface area contributed by atoms with Crippen LogP contribution in [-0.2, 0) is 19.1 Å². The molecule has 0 unspecified atom stereocenters. The lowest BCUT2D eigenvalue weighted by Crippen LogP contribution is -2.42. The van der Waals surface area contributed by atoms with Gasteiger partial charge in [-0.3, -0.25) is 0 Å². The van der Waals surface area contributed by atoms with E-state index in [4.69, 9.17) is 9.47 Å². The van der Waals surface area contributed by atoms with Crippen molar-refractivity contribution in [3.05, 3.63) is 29.5 Å². The summed E-state index contributed by atoms with van der Waals surface area (Å²) < 4.78 is 10.0. The summed E-state index contributed by atoms with van der Waals surface area (Å²) in [6, 6.07) is 0. The Labute approximate surface area is 107 Å². The second-order valence-electron chi connectivity index (χ2n) is 5.16. The zero-order chi connectivity index (χ0) is 14.0. The molecular weight excluding hydrogens is 232 g/mol. The van der Waals surface area contributed by atoms with Crippen molar-refractivity contribution in [1.82, 2.24) is 0 Å². The van der Waals surface area contributed by atoms with E-state index >= 15 is 0 Å². The highest BCUT2D eigenvalue weighted by Gasteiger charge is 2.39. The van der Waals surface area contributed by atoms with E-state index in [1.54, 1.807) is 12.2 Å². The standard InChI is InChI=1S/C14H18O4/c1-6-7-8-13(2,3)9-10-11(15)17-14(4,5)18-12(10)16/h6,8-9H,1-5H3. The lowest BCUT2D eigenvalue weighted by molar-refractivity contribution is -0.222. The van der Waals surface area contributed by atoms with Crippen LogP contribution in [0.5, 0.6) is 0 Å². The normalized spacial score (nSPS) is 18.4. The molecule has 1 aliphatic heterocycles. The molecule has 0 saturated carbocycles. The van der Waals surface area contributed by atoms with E-state index in [2.05, 4.69) is 5.73 Å². The van der Waals surface area contributed by atoms with Gasteiger partial charge in [0.25, 0.3) is 5.79 Å². The van der Waals surface area contributed by atoms with Gasteiger partial charge in [0.05, 0.1) is 0 Å². The number of cyclic esters (lactones) is 2. The Bertz CT molecular complexity index is 438. The first-order valence-electron chi connectivity index (χ1n) is 5.75. The second kappa shape index (κ2) is 4.83. The number of allylic oxidation sites excluding steroid dienone is 2. The Morgan fingerprint density at radius 3 is 2.11 bits per heavy atom. The molecule has 1 fully saturated rings. The molecule has 0 aromatic rings. The first kappa shape index (κ1) is 14.3. The van der Waals surface area contributed by atoms with Crippen LogP contribution in [0.25, 0.3) is 0 Å². The molecule has 98 valence electrons. The van der Waals surface area contributed by atoms with Crippen LogP contribution in [0, 0.1) is 5.41 Å². The van der Waals surface area contributed by atoms with Crippen molar-refractivity contribution in [1.29, 1.82) is 0 Å². The third-order valence-corrected chi connectivity index (χ3v) is 2.26. The van der Waals surface area contributed by atoms with E-state index in [-0.39, 0.29) is 5.57 Å². The molecule has 0 aromatic carbocycles. The minimum Gasteiger partial charge on any atom is -0.419 e. The number of carbonyl (C=O) groups excluding carboxylic acids is 2. The van der Waals surface area contributed by atoms with Gasteiger partial charge in [0, 0.05) is 19.3 Å². The summed E-state index contributed by atoms with van der Waals surface area (Å²) >= 11 is 0. The fourth-order valence-corrected chi connectivity index (χ4v) is 1.49. The molecule has 0 spiro atoms. The van der Waals surface area contributed by atoms with Crippen LogP contribution in [0.4, 0.5) is 0 Å². The van der Waals surface area contributed by atoms with Crippen molar-refractivity contribution >= 4 is 11.9 Å². The van der Waals surface area contributed by atoms with Gasteiger partial charge in [0.15, 0.2) is 0 Å². The SMILES string of the molecule is CC=C=CC(C)(C)C=C1C(=O)OC(C)(C)OC1=O. The molecule has 18 heavy (non-hydrogen) atoms. The second-order valence-corrected chi connectivity index (χ2v) is 5.16. The van der Waals surface area contributed by atoms with E-state index < -0.39 is 23.1 Å². The summed E-state index contributed by atoms with van der Waals surface area (Å²) in [4.78, 5) is 23.5. The Morgan fingerprint density at radius 2 is 1.67 bits per heavy atom. The van der Waals surface area contributed by atoms with Crippen LogP contribution in [0.1, 0.15) is 34.6 Å². The molecule has 0 aromatic heterocycles. The highest BCUT2D eigenvalue weighted by molar-refractivity contribution is 6.15. The number of hydrogen-bond acceptors (Lipinski definition) is 4. The van der Waals surface area contributed by atoms with Crippen molar-refractivity contribution in [2.45, 2.75) is 40.4 Å². The Balaban J connectivity index is 3.06. The molecule has 4 heteroatoms. The van der Waals surface area contributed by atoms with Gasteiger partial charge in [-0.15, -0.1) is 5.73 Å². The molecule has 1 aliphatic rings. The predicted octanol–water partition coefficient (Wildman–Crippen LogP) is 2.51. The predicted molar refractivity (Wildman–Crippen MR) is 66.5 cm³/mol. The van der Waals surface area contributed by atoms with Crippen molar-refractivity contribution in [3.8, 4) is 0 Å². The molecule has 0 N–H and O–H groups in total. The smallest absolute Gasteiger partial charge is 0.348 e. The van der Waals surface area contributed by atoms with Gasteiger partial charge in [0.1, 0.15) is 5.57 Å². The molecule has 0 radical (unpaired) electrons. The fourth-order valence-electron chi connectivity index (χ4n) is 1.49. The third-order valence-electron chi connectivity index (χ3n) is 2.26. The van der Waals surface area contributed by atoms with E-state index in [0.717, 1.165) is 0 Å². The molecule has 4 nitrogen and oxygen atoms in total. The van der Waals surface area contributed by atoms with Crippen molar-refractivity contribution in [2.75, 3.05) is 0 Å². The summed E-state index contributed by atoms with van der Waals surface area (Å²) in [5, 5.41) is 0. The molecule has 0 amide bonds. The van der Waals surface area contributed by atoms with Gasteiger partial charge in [-0.2, -0.15) is 0 Å². The monoisotopic (exact) mass is 250 g/mol. The minimum atomic E-state index is -1.20. The Kier molecular flexibility index (Phi) is 3.82. The van der Waals surface area contributed by atoms with Gasteiger partial charge >= 0.3 is 11.9 Å². The zero-order valence-corrected chi connectivity index (χ0v) is 11.4. The molecule has 0 bridgehead atoms. The van der Waals surface area contributed by atoms with Crippen molar-refractivity contribution in [3.63, 3.8) is 0 Å². The van der Waals surface area contributed by atoms with Crippen LogP contribution in [0.2, 0.25) is 0 Å². The Hall–Kier alpha value is -1.80. The molecular formula is C14H18O4. The summed E-state index contributed by atoms with van der Waals surface area (Å²) in [6.45, 7) is 8.59. The first-order chi connectivity index (χ1) is 8.17. The van der Waals surface area contributed by atoms with Crippen molar-refractivity contribution in [2.24, 2.45) is 5.41 Å². The largest absolute Gasteiger partial charge is 0.419 e. The highest BCUT2D eigenvalue weighted by Crippen LogP contribution is 2.27. The van der Waals surface area contributed by atoms with Crippen LogP contribution in [-0.4, -0.2) is 17.7 Å². The summed E-state index contributed by atoms with van der Waals surface area (Å²) in [5.74, 6) is -2.51. The Morgan fingerprint density at radius 1 is 1.17 bits per heavy atom. The van der Waals surface area contributed by atoms with E-state index in [0.29, 0.717) is 0 Å². The number of esters is 2. The molecule has 1 heterocycles. The fraction of sp³-hybridized carbons (Fsp3) is 0.500. The van der Waals surface area contributed by atoms with E-state index in [9.17, 15) is 9.59 Å². The van der Waals surface area contributed by atoms with Gasteiger partial charge in [0.2, 0.25) is 0 Å². The van der Waals surface area contributed by atoms with Crippen LogP contribution < -0.4 is 0 Å². The average Bonchev–Trinajstić information content (AvgIpc) is 2.20. The van der Waals surface area contributed by atoms with Crippen LogP contribution in [0.15, 0.2) is 29.5 Å². The van der Waals surface area contributed by atoms with Crippen LogP contribution >= 0.6 is 0 Å². The van der Waals surface area contributed by atoms with E-state index in [1.165, 1.54) is 19.9 Å². The van der Waals surface area contributed by atoms with Gasteiger partial charge in [-0.05, 0) is 19.1 Å². The number of hydrogen-bond donors (Lipinski definition) is 0.